The summed E-state index contributed by atoms with van der Waals surface area (Å²) in [6, 6.07) is 1.48. The highest BCUT2D eigenvalue weighted by Gasteiger charge is 2.15. The summed E-state index contributed by atoms with van der Waals surface area (Å²) in [5.41, 5.74) is 4.86. The summed E-state index contributed by atoms with van der Waals surface area (Å²) in [5, 5.41) is 55.2. The predicted octanol–water partition coefficient (Wildman–Crippen LogP) is 2.72. The van der Waals surface area contributed by atoms with E-state index < -0.39 is 0 Å². The van der Waals surface area contributed by atoms with Gasteiger partial charge in [0.15, 0.2) is 23.0 Å². The van der Waals surface area contributed by atoms with E-state index in [-0.39, 0.29) is 36.2 Å². The lowest BCUT2D eigenvalue weighted by molar-refractivity contribution is 0.271. The zero-order valence-electron chi connectivity index (χ0n) is 15.2. The molecule has 0 unspecified atom stereocenters. The number of aryl methyl sites for hydroxylation is 1. The van der Waals surface area contributed by atoms with Gasteiger partial charge in [0.25, 0.3) is 0 Å². The second kappa shape index (κ2) is 8.09. The smallest absolute Gasteiger partial charge is 0.163 e. The topological polar surface area (TPSA) is 121 Å². The molecule has 2 aromatic carbocycles. The summed E-state index contributed by atoms with van der Waals surface area (Å²) in [6.07, 6.45) is 0. The van der Waals surface area contributed by atoms with E-state index in [1.165, 1.54) is 6.07 Å². The van der Waals surface area contributed by atoms with E-state index in [2.05, 4.69) is 0 Å². The number of phenols is 4. The van der Waals surface area contributed by atoms with Gasteiger partial charge in [-0.15, -0.1) is 0 Å². The molecule has 0 aliphatic heterocycles. The highest BCUT2D eigenvalue weighted by Crippen LogP contribution is 2.37. The van der Waals surface area contributed by atoms with Crippen molar-refractivity contribution in [1.82, 2.24) is 0 Å². The van der Waals surface area contributed by atoms with Gasteiger partial charge < -0.3 is 30.6 Å². The third kappa shape index (κ3) is 3.97. The fraction of sp³-hybridized carbons (Fsp3) is 0.368. The summed E-state index contributed by atoms with van der Waals surface area (Å²) < 4.78 is 0. The largest absolute Gasteiger partial charge is 0.504 e. The molecular weight excluding hydrogens is 324 g/mol. The fourth-order valence-electron chi connectivity index (χ4n) is 2.52. The average Bonchev–Trinajstić information content (AvgIpc) is 2.58. The molecule has 2 rings (SSSR count). The lowest BCUT2D eigenvalue weighted by Crippen LogP contribution is -1.96. The first-order valence-corrected chi connectivity index (χ1v) is 7.81. The Balaban J connectivity index is 0.000000251. The molecule has 0 amide bonds. The van der Waals surface area contributed by atoms with Crippen LogP contribution in [0.15, 0.2) is 6.07 Å². The van der Waals surface area contributed by atoms with Gasteiger partial charge in [-0.05, 0) is 68.5 Å². The Kier molecular flexibility index (Phi) is 6.67. The standard InChI is InChI=1S/C10H14O3.C9H12O3/c1-5-6(2)8(4-11)10(13)9(12)7(5)3;1-5-3-8(11)9(12)7(4-10)6(5)2/h11-13H,4H2,1-3H3;3,10-12H,4H2,1-2H3. The lowest BCUT2D eigenvalue weighted by atomic mass is 9.97. The summed E-state index contributed by atoms with van der Waals surface area (Å²) in [7, 11) is 0. The monoisotopic (exact) mass is 350 g/mol. The second-order valence-corrected chi connectivity index (χ2v) is 6.03. The molecule has 0 radical (unpaired) electrons. The Morgan fingerprint density at radius 1 is 0.600 bits per heavy atom. The minimum atomic E-state index is -0.258. The molecule has 0 spiro atoms. The van der Waals surface area contributed by atoms with Crippen molar-refractivity contribution >= 4 is 0 Å². The maximum atomic E-state index is 9.47. The predicted molar refractivity (Wildman–Crippen MR) is 95.1 cm³/mol. The SMILES string of the molecule is Cc1c(C)c(O)c(O)c(CO)c1C.Cc1cc(O)c(O)c(CO)c1C. The summed E-state index contributed by atoms with van der Waals surface area (Å²) in [5.74, 6) is -0.738. The van der Waals surface area contributed by atoms with Gasteiger partial charge >= 0.3 is 0 Å². The van der Waals surface area contributed by atoms with Crippen LogP contribution in [0.3, 0.4) is 0 Å². The summed E-state index contributed by atoms with van der Waals surface area (Å²) in [6.45, 7) is 8.49. The zero-order chi connectivity index (χ0) is 19.5. The number of phenolic OH excluding ortho intramolecular Hbond substituents is 2. The number of rotatable bonds is 2. The average molecular weight is 350 g/mol. The van der Waals surface area contributed by atoms with E-state index in [9.17, 15) is 20.4 Å². The second-order valence-electron chi connectivity index (χ2n) is 6.03. The normalized spacial score (nSPS) is 10.4. The van der Waals surface area contributed by atoms with Crippen molar-refractivity contribution in [3.63, 3.8) is 0 Å². The van der Waals surface area contributed by atoms with Crippen LogP contribution in [0.1, 0.15) is 38.9 Å². The van der Waals surface area contributed by atoms with E-state index in [0.717, 1.165) is 22.3 Å². The van der Waals surface area contributed by atoms with E-state index in [1.807, 2.05) is 20.8 Å². The first-order chi connectivity index (χ1) is 11.6. The van der Waals surface area contributed by atoms with Gasteiger partial charge in [0.2, 0.25) is 0 Å². The number of aliphatic hydroxyl groups is 2. The van der Waals surface area contributed by atoms with Crippen LogP contribution in [-0.4, -0.2) is 30.6 Å². The lowest BCUT2D eigenvalue weighted by Gasteiger charge is -2.13. The van der Waals surface area contributed by atoms with Crippen molar-refractivity contribution in [2.24, 2.45) is 0 Å². The summed E-state index contributed by atoms with van der Waals surface area (Å²) >= 11 is 0. The number of aromatic hydroxyl groups is 4. The van der Waals surface area contributed by atoms with Gasteiger partial charge in [0.05, 0.1) is 13.2 Å². The van der Waals surface area contributed by atoms with Crippen LogP contribution in [0.4, 0.5) is 0 Å². The molecule has 0 aromatic heterocycles. The molecule has 0 atom stereocenters. The van der Waals surface area contributed by atoms with Crippen LogP contribution in [0.2, 0.25) is 0 Å². The van der Waals surface area contributed by atoms with Crippen molar-refractivity contribution in [2.45, 2.75) is 47.8 Å². The van der Waals surface area contributed by atoms with Gasteiger partial charge in [-0.3, -0.25) is 0 Å². The third-order valence-electron chi connectivity index (χ3n) is 4.69. The van der Waals surface area contributed by atoms with Gasteiger partial charge in [-0.1, -0.05) is 0 Å². The number of benzene rings is 2. The van der Waals surface area contributed by atoms with Crippen molar-refractivity contribution in [1.29, 1.82) is 0 Å². The van der Waals surface area contributed by atoms with Gasteiger partial charge in [-0.2, -0.15) is 0 Å². The molecular formula is C19H26O6. The fourth-order valence-corrected chi connectivity index (χ4v) is 2.52. The Morgan fingerprint density at radius 3 is 1.56 bits per heavy atom. The van der Waals surface area contributed by atoms with E-state index in [4.69, 9.17) is 10.2 Å². The van der Waals surface area contributed by atoms with Crippen LogP contribution in [0.25, 0.3) is 0 Å². The molecule has 2 aromatic rings. The maximum absolute atomic E-state index is 9.47. The molecule has 0 bridgehead atoms. The molecule has 0 fully saturated rings. The minimum Gasteiger partial charge on any atom is -0.504 e. The summed E-state index contributed by atoms with van der Waals surface area (Å²) in [4.78, 5) is 0. The van der Waals surface area contributed by atoms with E-state index in [0.29, 0.717) is 16.7 Å². The molecule has 25 heavy (non-hydrogen) atoms. The molecule has 0 saturated heterocycles. The van der Waals surface area contributed by atoms with E-state index >= 15 is 0 Å². The van der Waals surface area contributed by atoms with Crippen molar-refractivity contribution < 1.29 is 30.6 Å². The molecule has 0 saturated carbocycles. The van der Waals surface area contributed by atoms with Crippen molar-refractivity contribution in [3.05, 3.63) is 45.0 Å². The van der Waals surface area contributed by atoms with Gasteiger partial charge in [0, 0.05) is 11.1 Å². The number of hydrogen-bond donors (Lipinski definition) is 6. The number of aliphatic hydroxyl groups excluding tert-OH is 2. The van der Waals surface area contributed by atoms with Crippen LogP contribution < -0.4 is 0 Å². The molecule has 6 N–H and O–H groups in total. The van der Waals surface area contributed by atoms with Gasteiger partial charge in [0.1, 0.15) is 0 Å². The Bertz CT molecular complexity index is 725. The highest BCUT2D eigenvalue weighted by atomic mass is 16.3. The Labute approximate surface area is 147 Å². The molecule has 6 heteroatoms. The quantitative estimate of drug-likeness (QED) is 0.463. The zero-order valence-corrected chi connectivity index (χ0v) is 15.2. The van der Waals surface area contributed by atoms with Crippen LogP contribution in [-0.2, 0) is 13.2 Å². The molecule has 0 aliphatic rings. The molecule has 138 valence electrons. The van der Waals surface area contributed by atoms with Crippen molar-refractivity contribution in [3.8, 4) is 23.0 Å². The molecule has 6 nitrogen and oxygen atoms in total. The minimum absolute atomic E-state index is 0.132. The first-order valence-electron chi connectivity index (χ1n) is 7.81. The highest BCUT2D eigenvalue weighted by molar-refractivity contribution is 5.57. The van der Waals surface area contributed by atoms with Gasteiger partial charge in [-0.25, -0.2) is 0 Å². The van der Waals surface area contributed by atoms with E-state index in [1.54, 1.807) is 13.8 Å². The third-order valence-corrected chi connectivity index (χ3v) is 4.69. The van der Waals surface area contributed by atoms with Crippen LogP contribution in [0, 0.1) is 34.6 Å². The first kappa shape index (κ1) is 20.6. The maximum Gasteiger partial charge on any atom is 0.163 e. The molecule has 0 aliphatic carbocycles. The van der Waals surface area contributed by atoms with Crippen LogP contribution in [0.5, 0.6) is 23.0 Å². The number of hydrogen-bond acceptors (Lipinski definition) is 6. The Hall–Kier alpha value is -2.44. The van der Waals surface area contributed by atoms with Crippen LogP contribution >= 0.6 is 0 Å². The Morgan fingerprint density at radius 2 is 1.08 bits per heavy atom. The van der Waals surface area contributed by atoms with Crippen molar-refractivity contribution in [2.75, 3.05) is 0 Å². The molecule has 0 heterocycles.